The molecular formula is C14H16BrN3. The van der Waals surface area contributed by atoms with Crippen LogP contribution in [0.2, 0.25) is 0 Å². The fourth-order valence-corrected chi connectivity index (χ4v) is 3.54. The van der Waals surface area contributed by atoms with E-state index in [9.17, 15) is 0 Å². The Balaban J connectivity index is 1.74. The highest BCUT2D eigenvalue weighted by atomic mass is 79.9. The van der Waals surface area contributed by atoms with E-state index >= 15 is 0 Å². The zero-order valence-corrected chi connectivity index (χ0v) is 11.8. The first-order valence-corrected chi connectivity index (χ1v) is 7.24. The molecule has 1 aromatic carbocycles. The highest BCUT2D eigenvalue weighted by molar-refractivity contribution is 9.10. The van der Waals surface area contributed by atoms with E-state index in [4.69, 9.17) is 5.26 Å². The highest BCUT2D eigenvalue weighted by Crippen LogP contribution is 2.32. The van der Waals surface area contributed by atoms with Gasteiger partial charge >= 0.3 is 0 Å². The van der Waals surface area contributed by atoms with Crippen LogP contribution < -0.4 is 5.32 Å². The van der Waals surface area contributed by atoms with Gasteiger partial charge in [-0.25, -0.2) is 0 Å². The first-order valence-electron chi connectivity index (χ1n) is 6.45. The fraction of sp³-hybridized carbons (Fsp3) is 0.500. The van der Waals surface area contributed by atoms with Gasteiger partial charge in [0.2, 0.25) is 0 Å². The third-order valence-corrected chi connectivity index (χ3v) is 4.73. The molecule has 4 heteroatoms. The summed E-state index contributed by atoms with van der Waals surface area (Å²) in [6.07, 6.45) is 2.53. The molecule has 0 aromatic heterocycles. The van der Waals surface area contributed by atoms with Crippen molar-refractivity contribution in [2.75, 3.05) is 25.0 Å². The van der Waals surface area contributed by atoms with Crippen LogP contribution in [0.5, 0.6) is 0 Å². The standard InChI is InChI=1S/C14H16BrN3/c15-12-7-10(8-16)1-2-14(12)17-13-4-6-18-5-3-11(13)9-18/h1-2,7,11,13,17H,3-6,9H2. The topological polar surface area (TPSA) is 39.1 Å². The summed E-state index contributed by atoms with van der Waals surface area (Å²) < 4.78 is 0.988. The van der Waals surface area contributed by atoms with E-state index in [-0.39, 0.29) is 0 Å². The molecule has 18 heavy (non-hydrogen) atoms. The van der Waals surface area contributed by atoms with E-state index in [1.165, 1.54) is 32.5 Å². The van der Waals surface area contributed by atoms with E-state index in [1.54, 1.807) is 0 Å². The lowest BCUT2D eigenvalue weighted by molar-refractivity contribution is 0.255. The molecule has 2 aliphatic heterocycles. The minimum absolute atomic E-state index is 0.577. The lowest BCUT2D eigenvalue weighted by atomic mass is 9.94. The Hall–Kier alpha value is -1.05. The molecule has 1 aromatic rings. The monoisotopic (exact) mass is 305 g/mol. The Morgan fingerprint density at radius 2 is 2.17 bits per heavy atom. The number of rotatable bonds is 2. The number of fused-ring (bicyclic) bond motifs is 2. The summed E-state index contributed by atoms with van der Waals surface area (Å²) in [4.78, 5) is 2.55. The number of nitrogens with one attached hydrogen (secondary N) is 1. The minimum Gasteiger partial charge on any atom is -0.381 e. The van der Waals surface area contributed by atoms with E-state index in [0.717, 1.165) is 16.1 Å². The van der Waals surface area contributed by atoms with E-state index in [2.05, 4.69) is 32.2 Å². The van der Waals surface area contributed by atoms with Crippen LogP contribution in [0, 0.1) is 17.2 Å². The largest absolute Gasteiger partial charge is 0.381 e. The second kappa shape index (κ2) is 4.91. The summed E-state index contributed by atoms with van der Waals surface area (Å²) in [6.45, 7) is 3.71. The number of halogens is 1. The van der Waals surface area contributed by atoms with Crippen molar-refractivity contribution in [3.63, 3.8) is 0 Å². The van der Waals surface area contributed by atoms with Gasteiger partial charge in [0.05, 0.1) is 11.6 Å². The molecule has 0 saturated carbocycles. The molecular weight excluding hydrogens is 290 g/mol. The highest BCUT2D eigenvalue weighted by Gasteiger charge is 2.34. The third-order valence-electron chi connectivity index (χ3n) is 4.07. The van der Waals surface area contributed by atoms with Crippen LogP contribution in [-0.2, 0) is 0 Å². The van der Waals surface area contributed by atoms with E-state index in [1.807, 2.05) is 18.2 Å². The average Bonchev–Trinajstić information content (AvgIpc) is 2.77. The Kier molecular flexibility index (Phi) is 3.27. The molecule has 0 spiro atoms. The van der Waals surface area contributed by atoms with Gasteiger partial charge in [-0.3, -0.25) is 0 Å². The van der Waals surface area contributed by atoms with Crippen LogP contribution in [0.1, 0.15) is 18.4 Å². The zero-order chi connectivity index (χ0) is 12.5. The molecule has 2 bridgehead atoms. The molecule has 1 N–H and O–H groups in total. The maximum Gasteiger partial charge on any atom is 0.0992 e. The molecule has 0 radical (unpaired) electrons. The number of nitriles is 1. The van der Waals surface area contributed by atoms with Crippen molar-refractivity contribution in [1.82, 2.24) is 4.90 Å². The molecule has 2 heterocycles. The predicted molar refractivity (Wildman–Crippen MR) is 75.4 cm³/mol. The number of benzene rings is 1. The Labute approximate surface area is 116 Å². The molecule has 0 amide bonds. The number of anilines is 1. The van der Waals surface area contributed by atoms with Gasteiger partial charge in [-0.1, -0.05) is 0 Å². The molecule has 0 aliphatic carbocycles. The molecule has 2 aliphatic rings. The lowest BCUT2D eigenvalue weighted by Crippen LogP contribution is -2.39. The average molecular weight is 306 g/mol. The van der Waals surface area contributed by atoms with Gasteiger partial charge in [0.1, 0.15) is 0 Å². The van der Waals surface area contributed by atoms with Crippen LogP contribution >= 0.6 is 15.9 Å². The molecule has 3 nitrogen and oxygen atoms in total. The van der Waals surface area contributed by atoms with Crippen LogP contribution in [-0.4, -0.2) is 30.6 Å². The SMILES string of the molecule is N#Cc1ccc(NC2CCN3CCC2C3)c(Br)c1. The van der Waals surface area contributed by atoms with Gasteiger partial charge in [0, 0.05) is 29.3 Å². The Bertz CT molecular complexity index is 494. The van der Waals surface area contributed by atoms with Crippen molar-refractivity contribution in [2.45, 2.75) is 18.9 Å². The van der Waals surface area contributed by atoms with Gasteiger partial charge in [-0.2, -0.15) is 5.26 Å². The molecule has 3 atom stereocenters. The molecule has 2 saturated heterocycles. The van der Waals surface area contributed by atoms with Crippen LogP contribution in [0.15, 0.2) is 22.7 Å². The second-order valence-electron chi connectivity index (χ2n) is 5.20. The number of nitrogens with zero attached hydrogens (tertiary/aromatic N) is 2. The number of piperidine rings is 1. The third kappa shape index (κ3) is 2.25. The van der Waals surface area contributed by atoms with Gasteiger partial charge in [0.15, 0.2) is 0 Å². The number of hydrogen-bond donors (Lipinski definition) is 1. The molecule has 3 rings (SSSR count). The zero-order valence-electron chi connectivity index (χ0n) is 10.2. The van der Waals surface area contributed by atoms with Crippen molar-refractivity contribution in [3.05, 3.63) is 28.2 Å². The second-order valence-corrected chi connectivity index (χ2v) is 6.05. The first kappa shape index (κ1) is 12.0. The van der Waals surface area contributed by atoms with Crippen molar-refractivity contribution in [3.8, 4) is 6.07 Å². The predicted octanol–water partition coefficient (Wildman–Crippen LogP) is 2.83. The van der Waals surface area contributed by atoms with Crippen LogP contribution in [0.25, 0.3) is 0 Å². The molecule has 2 fully saturated rings. The van der Waals surface area contributed by atoms with Crippen LogP contribution in [0.3, 0.4) is 0 Å². The van der Waals surface area contributed by atoms with Gasteiger partial charge in [0.25, 0.3) is 0 Å². The van der Waals surface area contributed by atoms with Crippen LogP contribution in [0.4, 0.5) is 5.69 Å². The molecule has 94 valence electrons. The van der Waals surface area contributed by atoms with Crippen molar-refractivity contribution < 1.29 is 0 Å². The van der Waals surface area contributed by atoms with Gasteiger partial charge in [-0.15, -0.1) is 0 Å². The van der Waals surface area contributed by atoms with E-state index < -0.39 is 0 Å². The van der Waals surface area contributed by atoms with Crippen molar-refractivity contribution >= 4 is 21.6 Å². The van der Waals surface area contributed by atoms with Gasteiger partial charge in [-0.05, 0) is 59.4 Å². The van der Waals surface area contributed by atoms with E-state index in [0.29, 0.717) is 11.6 Å². The lowest BCUT2D eigenvalue weighted by Gasteiger charge is -2.32. The van der Waals surface area contributed by atoms with Crippen molar-refractivity contribution in [2.24, 2.45) is 5.92 Å². The summed E-state index contributed by atoms with van der Waals surface area (Å²) in [5, 5.41) is 12.5. The summed E-state index contributed by atoms with van der Waals surface area (Å²) in [7, 11) is 0. The Morgan fingerprint density at radius 3 is 2.94 bits per heavy atom. The quantitative estimate of drug-likeness (QED) is 0.913. The van der Waals surface area contributed by atoms with Gasteiger partial charge < -0.3 is 10.2 Å². The Morgan fingerprint density at radius 1 is 1.33 bits per heavy atom. The summed E-state index contributed by atoms with van der Waals surface area (Å²) in [6, 6.07) is 8.49. The normalized spacial score (nSPS) is 29.9. The maximum atomic E-state index is 8.86. The maximum absolute atomic E-state index is 8.86. The summed E-state index contributed by atoms with van der Waals surface area (Å²) in [5.74, 6) is 0.779. The van der Waals surface area contributed by atoms with Crippen molar-refractivity contribution in [1.29, 1.82) is 5.26 Å². The fourth-order valence-electron chi connectivity index (χ4n) is 3.04. The number of hydrogen-bond acceptors (Lipinski definition) is 3. The summed E-state index contributed by atoms with van der Waals surface area (Å²) >= 11 is 3.54. The minimum atomic E-state index is 0.577. The summed E-state index contributed by atoms with van der Waals surface area (Å²) in [5.41, 5.74) is 1.81. The molecule has 3 unspecified atom stereocenters. The smallest absolute Gasteiger partial charge is 0.0992 e. The first-order chi connectivity index (χ1) is 8.76.